The Labute approximate surface area is 206 Å². The quantitative estimate of drug-likeness (QED) is 0.451. The van der Waals surface area contributed by atoms with E-state index in [1.807, 2.05) is 50.2 Å². The van der Waals surface area contributed by atoms with Gasteiger partial charge in [0.15, 0.2) is 11.5 Å². The highest BCUT2D eigenvalue weighted by atomic mass is 16.7. The van der Waals surface area contributed by atoms with E-state index in [2.05, 4.69) is 10.4 Å². The number of nitrogens with zero attached hydrogens (tertiary/aromatic N) is 3. The predicted molar refractivity (Wildman–Crippen MR) is 133 cm³/mol. The number of aryl methyl sites for hydroxylation is 2. The lowest BCUT2D eigenvalue weighted by atomic mass is 10.1. The van der Waals surface area contributed by atoms with Gasteiger partial charge in [0.2, 0.25) is 12.5 Å². The summed E-state index contributed by atoms with van der Waals surface area (Å²) in [6, 6.07) is 20.0. The molecule has 1 amide bonds. The molecule has 1 aliphatic heterocycles. The molecular formula is C27H24N4O5. The molecule has 2 heterocycles. The van der Waals surface area contributed by atoms with Gasteiger partial charge in [-0.25, -0.2) is 4.79 Å². The molecule has 1 aliphatic rings. The van der Waals surface area contributed by atoms with Crippen LogP contribution in [-0.2, 0) is 13.1 Å². The maximum Gasteiger partial charge on any atom is 0.352 e. The molecule has 0 aliphatic carbocycles. The van der Waals surface area contributed by atoms with Crippen LogP contribution in [-0.4, -0.2) is 27.0 Å². The summed E-state index contributed by atoms with van der Waals surface area (Å²) >= 11 is 0. The number of ether oxygens (including phenoxy) is 2. The molecule has 3 aromatic carbocycles. The van der Waals surface area contributed by atoms with Crippen LogP contribution in [0.1, 0.15) is 32.7 Å². The SMILES string of the molecule is Cc1cc(C)cc(-n2nc(C(=O)NCc3ccc4c(c3)OCO4)c(=O)n(Cc3ccccc3)c2=O)c1. The fourth-order valence-corrected chi connectivity index (χ4v) is 4.12. The minimum atomic E-state index is -0.757. The first-order chi connectivity index (χ1) is 17.4. The van der Waals surface area contributed by atoms with Crippen molar-refractivity contribution in [2.45, 2.75) is 26.9 Å². The molecular weight excluding hydrogens is 460 g/mol. The van der Waals surface area contributed by atoms with Crippen LogP contribution >= 0.6 is 0 Å². The predicted octanol–water partition coefficient (Wildman–Crippen LogP) is 2.72. The highest BCUT2D eigenvalue weighted by Crippen LogP contribution is 2.32. The minimum Gasteiger partial charge on any atom is -0.454 e. The standard InChI is InChI=1S/C27H24N4O5/c1-17-10-18(2)12-21(11-17)31-27(34)30(15-19-6-4-3-5-7-19)26(33)24(29-31)25(32)28-14-20-8-9-22-23(13-20)36-16-35-22/h3-13H,14-16H2,1-2H3,(H,28,32). The smallest absolute Gasteiger partial charge is 0.352 e. The maximum atomic E-state index is 13.4. The monoisotopic (exact) mass is 484 g/mol. The van der Waals surface area contributed by atoms with Gasteiger partial charge in [0.1, 0.15) is 0 Å². The minimum absolute atomic E-state index is 0.00820. The van der Waals surface area contributed by atoms with Crippen molar-refractivity contribution >= 4 is 5.91 Å². The number of rotatable bonds is 6. The lowest BCUT2D eigenvalue weighted by molar-refractivity contribution is 0.0941. The van der Waals surface area contributed by atoms with E-state index < -0.39 is 17.2 Å². The van der Waals surface area contributed by atoms with Crippen molar-refractivity contribution in [2.24, 2.45) is 0 Å². The number of carbonyl (C=O) groups excluding carboxylic acids is 1. The number of hydrogen-bond acceptors (Lipinski definition) is 6. The van der Waals surface area contributed by atoms with Gasteiger partial charge < -0.3 is 14.8 Å². The van der Waals surface area contributed by atoms with Gasteiger partial charge in [-0.15, -0.1) is 0 Å². The zero-order valence-corrected chi connectivity index (χ0v) is 19.9. The van der Waals surface area contributed by atoms with Gasteiger partial charge in [-0.2, -0.15) is 9.78 Å². The van der Waals surface area contributed by atoms with E-state index in [-0.39, 0.29) is 25.6 Å². The van der Waals surface area contributed by atoms with Crippen LogP contribution in [0.5, 0.6) is 11.5 Å². The molecule has 5 rings (SSSR count). The van der Waals surface area contributed by atoms with Gasteiger partial charge in [-0.05, 0) is 60.4 Å². The highest BCUT2D eigenvalue weighted by molar-refractivity contribution is 5.91. The molecule has 9 nitrogen and oxygen atoms in total. The second-order valence-electron chi connectivity index (χ2n) is 8.64. The zero-order valence-electron chi connectivity index (χ0n) is 19.9. The molecule has 0 saturated heterocycles. The third kappa shape index (κ3) is 4.63. The first-order valence-electron chi connectivity index (χ1n) is 11.4. The Hall–Kier alpha value is -4.66. The summed E-state index contributed by atoms with van der Waals surface area (Å²) < 4.78 is 12.8. The molecule has 0 radical (unpaired) electrons. The van der Waals surface area contributed by atoms with Crippen LogP contribution in [0.2, 0.25) is 0 Å². The molecule has 182 valence electrons. The molecule has 0 bridgehead atoms. The lowest BCUT2D eigenvalue weighted by Gasteiger charge is -2.13. The van der Waals surface area contributed by atoms with Crippen molar-refractivity contribution in [3.63, 3.8) is 0 Å². The van der Waals surface area contributed by atoms with Gasteiger partial charge in [0.25, 0.3) is 11.5 Å². The van der Waals surface area contributed by atoms with Crippen molar-refractivity contribution in [3.05, 3.63) is 116 Å². The van der Waals surface area contributed by atoms with E-state index in [0.717, 1.165) is 31.5 Å². The third-order valence-electron chi connectivity index (χ3n) is 5.80. The van der Waals surface area contributed by atoms with Crippen LogP contribution in [0.15, 0.2) is 76.3 Å². The summed E-state index contributed by atoms with van der Waals surface area (Å²) in [5, 5.41) is 6.94. The summed E-state index contributed by atoms with van der Waals surface area (Å²) in [6.07, 6.45) is 0. The lowest BCUT2D eigenvalue weighted by Crippen LogP contribution is -2.46. The molecule has 0 fully saturated rings. The molecule has 0 saturated carbocycles. The third-order valence-corrected chi connectivity index (χ3v) is 5.80. The van der Waals surface area contributed by atoms with Gasteiger partial charge in [-0.1, -0.05) is 42.5 Å². The molecule has 0 spiro atoms. The van der Waals surface area contributed by atoms with E-state index >= 15 is 0 Å². The average Bonchev–Trinajstić information content (AvgIpc) is 3.33. The number of amides is 1. The van der Waals surface area contributed by atoms with Gasteiger partial charge in [0.05, 0.1) is 12.2 Å². The maximum absolute atomic E-state index is 13.4. The van der Waals surface area contributed by atoms with Gasteiger partial charge in [-0.3, -0.25) is 14.2 Å². The fraction of sp³-hybridized carbons (Fsp3) is 0.185. The Bertz CT molecular complexity index is 1550. The Morgan fingerprint density at radius 1 is 0.917 bits per heavy atom. The first-order valence-corrected chi connectivity index (χ1v) is 11.4. The normalized spacial score (nSPS) is 11.9. The highest BCUT2D eigenvalue weighted by Gasteiger charge is 2.21. The van der Waals surface area contributed by atoms with E-state index in [1.54, 1.807) is 30.3 Å². The van der Waals surface area contributed by atoms with Crippen molar-refractivity contribution < 1.29 is 14.3 Å². The van der Waals surface area contributed by atoms with Gasteiger partial charge in [0, 0.05) is 6.54 Å². The summed E-state index contributed by atoms with van der Waals surface area (Å²) in [5.74, 6) is 0.544. The fourth-order valence-electron chi connectivity index (χ4n) is 4.12. The topological polar surface area (TPSA) is 104 Å². The second-order valence-corrected chi connectivity index (χ2v) is 8.64. The Balaban J connectivity index is 1.53. The van der Waals surface area contributed by atoms with Crippen LogP contribution in [0.25, 0.3) is 5.69 Å². The van der Waals surface area contributed by atoms with Crippen LogP contribution in [0.3, 0.4) is 0 Å². The molecule has 0 unspecified atom stereocenters. The van der Waals surface area contributed by atoms with E-state index in [9.17, 15) is 14.4 Å². The zero-order chi connectivity index (χ0) is 25.2. The molecule has 1 N–H and O–H groups in total. The summed E-state index contributed by atoms with van der Waals surface area (Å²) in [5.41, 5.74) is 2.09. The molecule has 0 atom stereocenters. The van der Waals surface area contributed by atoms with Crippen molar-refractivity contribution in [2.75, 3.05) is 6.79 Å². The molecule has 36 heavy (non-hydrogen) atoms. The molecule has 4 aromatic rings. The van der Waals surface area contributed by atoms with E-state index in [1.165, 1.54) is 0 Å². The van der Waals surface area contributed by atoms with Crippen molar-refractivity contribution in [1.82, 2.24) is 19.7 Å². The number of nitrogens with one attached hydrogen (secondary N) is 1. The summed E-state index contributed by atoms with van der Waals surface area (Å²) in [6.45, 7) is 4.10. The summed E-state index contributed by atoms with van der Waals surface area (Å²) in [7, 11) is 0. The number of fused-ring (bicyclic) bond motifs is 1. The Kier molecular flexibility index (Phi) is 6.12. The Morgan fingerprint density at radius 2 is 1.64 bits per heavy atom. The number of benzene rings is 3. The van der Waals surface area contributed by atoms with Crippen molar-refractivity contribution in [3.8, 4) is 17.2 Å². The number of aromatic nitrogens is 3. The van der Waals surface area contributed by atoms with Gasteiger partial charge >= 0.3 is 5.69 Å². The number of carbonyl (C=O) groups is 1. The largest absolute Gasteiger partial charge is 0.454 e. The first kappa shape index (κ1) is 23.1. The van der Waals surface area contributed by atoms with E-state index in [0.29, 0.717) is 17.2 Å². The molecule has 1 aromatic heterocycles. The van der Waals surface area contributed by atoms with Crippen LogP contribution < -0.4 is 26.0 Å². The van der Waals surface area contributed by atoms with Crippen LogP contribution in [0.4, 0.5) is 0 Å². The molecule has 9 heteroatoms. The van der Waals surface area contributed by atoms with Crippen molar-refractivity contribution in [1.29, 1.82) is 0 Å². The van der Waals surface area contributed by atoms with E-state index in [4.69, 9.17) is 9.47 Å². The van der Waals surface area contributed by atoms with Crippen LogP contribution in [0, 0.1) is 13.8 Å². The Morgan fingerprint density at radius 3 is 2.39 bits per heavy atom. The summed E-state index contributed by atoms with van der Waals surface area (Å²) in [4.78, 5) is 39.8. The second kappa shape index (κ2) is 9.53. The average molecular weight is 485 g/mol. The number of hydrogen-bond donors (Lipinski definition) is 1.